The Bertz CT molecular complexity index is 1760. The van der Waals surface area contributed by atoms with E-state index in [0.717, 1.165) is 10.5 Å². The zero-order valence-electron chi connectivity index (χ0n) is 27.1. The Balaban J connectivity index is 1.21. The number of ether oxygens (including phenoxy) is 6. The van der Waals surface area contributed by atoms with E-state index in [1.54, 1.807) is 43.3 Å². The van der Waals surface area contributed by atoms with Crippen molar-refractivity contribution in [2.45, 2.75) is 32.5 Å². The van der Waals surface area contributed by atoms with E-state index in [0.29, 0.717) is 66.3 Å². The number of amides is 3. The minimum absolute atomic E-state index is 0.0498. The molecule has 258 valence electrons. The van der Waals surface area contributed by atoms with Gasteiger partial charge in [0, 0.05) is 35.8 Å². The molecule has 3 aliphatic heterocycles. The number of hydrogen-bond donors (Lipinski definition) is 2. The third kappa shape index (κ3) is 7.43. The number of aryl methyl sites for hydroxylation is 1. The third-order valence-electron chi connectivity index (χ3n) is 8.47. The number of benzene rings is 3. The van der Waals surface area contributed by atoms with Crippen molar-refractivity contribution < 1.29 is 47.9 Å². The highest BCUT2D eigenvalue weighted by Gasteiger charge is 2.40. The summed E-state index contributed by atoms with van der Waals surface area (Å²) in [5, 5.41) is 12.2. The fourth-order valence-corrected chi connectivity index (χ4v) is 6.33. The fraction of sp³-hybridized carbons (Fsp3) is 0.361. The number of rotatable bonds is 14. The van der Waals surface area contributed by atoms with Gasteiger partial charge in [-0.25, -0.2) is 4.90 Å². The topological polar surface area (TPSA) is 142 Å². The van der Waals surface area contributed by atoms with Crippen LogP contribution in [0, 0.1) is 12.8 Å². The highest BCUT2D eigenvalue weighted by atomic mass is 35.5. The predicted octanol–water partition coefficient (Wildman–Crippen LogP) is 5.21. The summed E-state index contributed by atoms with van der Waals surface area (Å²) >= 11 is 6.07. The van der Waals surface area contributed by atoms with E-state index in [4.69, 9.17) is 45.1 Å². The molecule has 12 nitrogen and oxygen atoms in total. The van der Waals surface area contributed by atoms with Crippen LogP contribution in [0.25, 0.3) is 0 Å². The quantitative estimate of drug-likeness (QED) is 0.171. The molecule has 2 N–H and O–H groups in total. The molecule has 3 aromatic rings. The van der Waals surface area contributed by atoms with E-state index >= 15 is 0 Å². The van der Waals surface area contributed by atoms with E-state index in [2.05, 4.69) is 5.32 Å². The number of nitrogens with zero attached hydrogens (tertiary/aromatic N) is 1. The molecule has 3 aliphatic rings. The van der Waals surface area contributed by atoms with Crippen LogP contribution in [-0.4, -0.2) is 75.6 Å². The molecule has 13 heteroatoms. The van der Waals surface area contributed by atoms with E-state index in [1.165, 1.54) is 6.07 Å². The summed E-state index contributed by atoms with van der Waals surface area (Å²) < 4.78 is 34.5. The smallest absolute Gasteiger partial charge is 0.290 e. The molecule has 0 saturated heterocycles. The van der Waals surface area contributed by atoms with Gasteiger partial charge < -0.3 is 38.8 Å². The van der Waals surface area contributed by atoms with Gasteiger partial charge in [-0.05, 0) is 86.0 Å². The first-order valence-electron chi connectivity index (χ1n) is 16.0. The average Bonchev–Trinajstić information content (AvgIpc) is 3.66. The number of aliphatic hydroxyl groups excluding tert-OH is 1. The zero-order chi connectivity index (χ0) is 34.5. The second-order valence-corrected chi connectivity index (χ2v) is 12.0. The van der Waals surface area contributed by atoms with Gasteiger partial charge in [0.2, 0.25) is 13.1 Å². The Kier molecular flexibility index (Phi) is 10.8. The maximum absolute atomic E-state index is 13.7. The van der Waals surface area contributed by atoms with E-state index in [-0.39, 0.29) is 48.7 Å². The maximum atomic E-state index is 13.7. The molecule has 6 rings (SSSR count). The second-order valence-electron chi connectivity index (χ2n) is 11.6. The zero-order valence-corrected chi connectivity index (χ0v) is 27.9. The van der Waals surface area contributed by atoms with Gasteiger partial charge in [-0.2, -0.15) is 0 Å². The number of imide groups is 1. The van der Waals surface area contributed by atoms with Crippen LogP contribution in [0.1, 0.15) is 51.1 Å². The Labute approximate surface area is 288 Å². The van der Waals surface area contributed by atoms with Gasteiger partial charge in [-0.1, -0.05) is 17.7 Å². The van der Waals surface area contributed by atoms with Gasteiger partial charge in [0.05, 0.1) is 43.2 Å². The minimum atomic E-state index is -0.758. The van der Waals surface area contributed by atoms with Crippen LogP contribution < -0.4 is 19.7 Å². The van der Waals surface area contributed by atoms with E-state index in [9.17, 15) is 14.4 Å². The first-order chi connectivity index (χ1) is 23.8. The average molecular weight is 693 g/mol. The maximum Gasteiger partial charge on any atom is 0.290 e. The summed E-state index contributed by atoms with van der Waals surface area (Å²) in [4.78, 5) is 41.1. The minimum Gasteiger partial charge on any atom is -0.459 e. The standard InChI is InChI=1S/C36H37ClN2O10/c1-3-46-36-26(10-12-44-14-15-45-13-11-40)27(22-4-9-30-31(17-22)48-20-47-30)19-32(49-36)33(41)38-24-6-8-29(21(2)16-24)39-34(42)25-7-5-23(37)18-28(25)35(39)43/h4-9,16-19,26-27,36,40H,3,10-15,20H2,1-2H3,(H,38,41)/t26-,27+,36+/m1/s1. The predicted molar refractivity (Wildman–Crippen MR) is 179 cm³/mol. The molecule has 3 atom stereocenters. The van der Waals surface area contributed by atoms with Crippen molar-refractivity contribution in [3.05, 3.63) is 93.7 Å². The Hall–Kier alpha value is -4.46. The van der Waals surface area contributed by atoms with Gasteiger partial charge in [-0.3, -0.25) is 14.4 Å². The van der Waals surface area contributed by atoms with E-state index < -0.39 is 24.0 Å². The Morgan fingerprint density at radius 1 is 0.959 bits per heavy atom. The molecule has 0 bridgehead atoms. The van der Waals surface area contributed by atoms with Gasteiger partial charge in [0.15, 0.2) is 17.3 Å². The van der Waals surface area contributed by atoms with Gasteiger partial charge in [-0.15, -0.1) is 0 Å². The van der Waals surface area contributed by atoms with Crippen molar-refractivity contribution in [1.29, 1.82) is 0 Å². The number of halogens is 1. The summed E-state index contributed by atoms with van der Waals surface area (Å²) in [7, 11) is 0. The first-order valence-corrected chi connectivity index (χ1v) is 16.4. The van der Waals surface area contributed by atoms with Crippen molar-refractivity contribution in [1.82, 2.24) is 0 Å². The number of carbonyl (C=O) groups is 3. The number of nitrogens with one attached hydrogen (secondary N) is 1. The summed E-state index contributed by atoms with van der Waals surface area (Å²) in [5.41, 5.74) is 2.86. The summed E-state index contributed by atoms with van der Waals surface area (Å²) in [6, 6.07) is 15.2. The highest BCUT2D eigenvalue weighted by Crippen LogP contribution is 2.43. The fourth-order valence-electron chi connectivity index (χ4n) is 6.15. The van der Waals surface area contributed by atoms with Crippen molar-refractivity contribution in [2.24, 2.45) is 5.92 Å². The van der Waals surface area contributed by atoms with Gasteiger partial charge in [0.25, 0.3) is 17.7 Å². The van der Waals surface area contributed by atoms with Crippen molar-refractivity contribution in [2.75, 3.05) is 56.7 Å². The van der Waals surface area contributed by atoms with E-state index in [1.807, 2.05) is 25.1 Å². The monoisotopic (exact) mass is 692 g/mol. The molecule has 3 heterocycles. The van der Waals surface area contributed by atoms with Gasteiger partial charge in [0.1, 0.15) is 0 Å². The molecule has 0 fully saturated rings. The molecule has 3 aromatic carbocycles. The number of aliphatic hydroxyl groups is 1. The molecule has 49 heavy (non-hydrogen) atoms. The van der Waals surface area contributed by atoms with Crippen LogP contribution in [-0.2, 0) is 23.7 Å². The van der Waals surface area contributed by atoms with Crippen LogP contribution >= 0.6 is 11.6 Å². The molecule has 0 unspecified atom stereocenters. The number of allylic oxidation sites excluding steroid dienone is 1. The van der Waals surface area contributed by atoms with Crippen LogP contribution in [0.2, 0.25) is 5.02 Å². The lowest BCUT2D eigenvalue weighted by molar-refractivity contribution is -0.166. The van der Waals surface area contributed by atoms with Crippen LogP contribution in [0.5, 0.6) is 11.5 Å². The number of anilines is 2. The molecular formula is C36H37ClN2O10. The van der Waals surface area contributed by atoms with Crippen LogP contribution in [0.15, 0.2) is 66.4 Å². The van der Waals surface area contributed by atoms with Gasteiger partial charge >= 0.3 is 0 Å². The van der Waals surface area contributed by atoms with Crippen LogP contribution in [0.4, 0.5) is 11.4 Å². The summed E-state index contributed by atoms with van der Waals surface area (Å²) in [5.74, 6) is -0.579. The van der Waals surface area contributed by atoms with Crippen LogP contribution in [0.3, 0.4) is 0 Å². The Morgan fingerprint density at radius 3 is 2.51 bits per heavy atom. The molecule has 0 saturated carbocycles. The lowest BCUT2D eigenvalue weighted by atomic mass is 9.81. The van der Waals surface area contributed by atoms with Crippen molar-refractivity contribution in [3.8, 4) is 11.5 Å². The summed E-state index contributed by atoms with van der Waals surface area (Å²) in [6.07, 6.45) is 1.58. The molecule has 0 aliphatic carbocycles. The Morgan fingerprint density at radius 2 is 1.73 bits per heavy atom. The SMILES string of the molecule is CCO[C@H]1OC(C(=O)Nc2ccc(N3C(=O)c4ccc(Cl)cc4C3=O)c(C)c2)=C[C@@H](c2ccc3c(c2)OCO3)[C@H]1CCOCCOCCO. The van der Waals surface area contributed by atoms with Crippen molar-refractivity contribution in [3.63, 3.8) is 0 Å². The number of fused-ring (bicyclic) bond motifs is 2. The molecule has 0 aromatic heterocycles. The normalized spacial score (nSPS) is 19.5. The molecule has 0 radical (unpaired) electrons. The molecule has 0 spiro atoms. The number of hydrogen-bond acceptors (Lipinski definition) is 10. The lowest BCUT2D eigenvalue weighted by Gasteiger charge is -2.37. The third-order valence-corrected chi connectivity index (χ3v) is 8.70. The highest BCUT2D eigenvalue weighted by molar-refractivity contribution is 6.37. The second kappa shape index (κ2) is 15.4. The molecular weight excluding hydrogens is 656 g/mol. The summed E-state index contributed by atoms with van der Waals surface area (Å²) in [6.45, 7) is 5.41. The first kappa shape index (κ1) is 34.4. The number of carbonyl (C=O) groups excluding carboxylic acids is 3. The van der Waals surface area contributed by atoms with Crippen molar-refractivity contribution >= 4 is 40.7 Å². The largest absolute Gasteiger partial charge is 0.459 e. The molecule has 3 amide bonds. The lowest BCUT2D eigenvalue weighted by Crippen LogP contribution is -2.38.